The molecule has 4 saturated heterocycles. The Balaban J connectivity index is 1.57. The van der Waals surface area contributed by atoms with E-state index >= 15 is 0 Å². The molecule has 5 heterocycles. The molecule has 94 heavy (non-hydrogen) atoms. The quantitative estimate of drug-likeness (QED) is 0.0226. The SMILES string of the molecule is CC(=O)N[C@H]1[C@H](O[C@H]2[C@H](O)[C@@H](OS(=O)(=O)O)[C@H](O[C@@H]([C@@H](O)[C@H](O)COS(=O)(=O)O)[C@H](C=O)NC(C)=O)O[C@@H]2C(=O)O)O[C@H](CO)[C@H](OS(=O)(=O)O)[C@@H]1O[C@@H]1O[C@H](C(=O)O)[C@@H](O[C@@H]2O[C@H](COS(=O)(=O)O)[C@H](O)[C@H](O[C@H]3OC(C(=O)O)=C[C@H](O)[C@H]3O)[C@H]2NC(C)=O)[C@H](O)[C@H]1O. The van der Waals surface area contributed by atoms with Crippen molar-refractivity contribution in [3.8, 4) is 0 Å². The van der Waals surface area contributed by atoms with Gasteiger partial charge >= 0.3 is 59.5 Å². The number of nitrogens with one attached hydrogen (secondary N) is 3. The number of amides is 3. The van der Waals surface area contributed by atoms with E-state index in [4.69, 9.17) is 51.9 Å². The van der Waals surface area contributed by atoms with Gasteiger partial charge < -0.3 is 129 Å². The number of carbonyl (C=O) groups excluding carboxylic acids is 4. The third-order valence-corrected chi connectivity index (χ3v) is 15.3. The maximum atomic E-state index is 13.1. The molecule has 0 aromatic heterocycles. The monoisotopic (exact) mass is 1460 g/mol. The van der Waals surface area contributed by atoms with Gasteiger partial charge in [0.25, 0.3) is 0 Å². The van der Waals surface area contributed by atoms with Crippen LogP contribution < -0.4 is 16.0 Å². The molecule has 3 amide bonds. The molecule has 0 aliphatic carbocycles. The van der Waals surface area contributed by atoms with E-state index in [-0.39, 0.29) is 6.29 Å². The van der Waals surface area contributed by atoms with Gasteiger partial charge in [-0.3, -0.25) is 32.6 Å². The maximum absolute atomic E-state index is 13.1. The third-order valence-electron chi connectivity index (χ3n) is 13.5. The molecule has 4 fully saturated rings. The first-order chi connectivity index (χ1) is 43.3. The van der Waals surface area contributed by atoms with Gasteiger partial charge in [0.1, 0.15) is 122 Å². The molecule has 0 spiro atoms. The number of carbonyl (C=O) groups is 7. The minimum Gasteiger partial charge on any atom is -0.479 e. The van der Waals surface area contributed by atoms with Crippen LogP contribution in [0.5, 0.6) is 0 Å². The summed E-state index contributed by atoms with van der Waals surface area (Å²) < 4.78 is 206. The van der Waals surface area contributed by atoms with Crippen molar-refractivity contribution in [2.24, 2.45) is 0 Å². The summed E-state index contributed by atoms with van der Waals surface area (Å²) >= 11 is 0. The van der Waals surface area contributed by atoms with Gasteiger partial charge in [0.2, 0.25) is 29.8 Å². The molecule has 0 unspecified atom stereocenters. The maximum Gasteiger partial charge on any atom is 0.397 e. The molecule has 19 N–H and O–H groups in total. The lowest BCUT2D eigenvalue weighted by atomic mass is 9.93. The molecule has 540 valence electrons. The summed E-state index contributed by atoms with van der Waals surface area (Å²) in [6.45, 7) is -2.51. The van der Waals surface area contributed by atoms with Gasteiger partial charge in [-0.1, -0.05) is 0 Å². The number of aliphatic carboxylic acids is 3. The fourth-order valence-corrected chi connectivity index (χ4v) is 11.2. The molecule has 5 aliphatic rings. The van der Waals surface area contributed by atoms with Crippen molar-refractivity contribution in [3.63, 3.8) is 0 Å². The minimum atomic E-state index is -6.03. The number of carboxylic acid groups (broad SMARTS) is 3. The van der Waals surface area contributed by atoms with Gasteiger partial charge in [-0.2, -0.15) is 33.7 Å². The van der Waals surface area contributed by atoms with E-state index in [1.54, 1.807) is 0 Å². The van der Waals surface area contributed by atoms with Crippen LogP contribution in [-0.2, 0) is 139 Å². The van der Waals surface area contributed by atoms with Crippen LogP contribution in [0.3, 0.4) is 0 Å². The molecular formula is C42H63N3O45S4. The number of aliphatic hydroxyl groups is 9. The lowest BCUT2D eigenvalue weighted by Crippen LogP contribution is -2.71. The Labute approximate surface area is 526 Å². The summed E-state index contributed by atoms with van der Waals surface area (Å²) in [5, 5.41) is 137. The highest BCUT2D eigenvalue weighted by Crippen LogP contribution is 2.38. The molecule has 0 saturated carbocycles. The molecule has 27 atom stereocenters. The van der Waals surface area contributed by atoms with Crippen LogP contribution in [0.15, 0.2) is 11.8 Å². The standard InChI is InChI=1S/C42H63N3O45S4/c1-9(48)43-12(5-46)26(20(53)14(52)7-77-91(65,66)67)82-42-32(90-94(74,75)76)25(58)31(34(88-42)37(63)64)86-39-19(45-11(3)50)29(27(16(6-47)80-39)89-93(71,72)73)84-41-24(57)23(56)30(33(87-41)36(61)62)85-38-18(44-10(2)49)28(22(55)17(81-38)8-78-92(68,69)70)83-40-21(54)13(51)4-15(79-40)35(59)60/h4-5,12-14,16-34,38-42,47,51-58H,6-8H2,1-3H3,(H,43,48)(H,44,49)(H,45,50)(H,59,60)(H,61,62)(H,63,64)(H,65,66,67)(H,68,69,70)(H,71,72,73)(H,74,75,76)/t12-,13-,14+,16+,17+,18+,19+,20-,21+,22-,23+,24+,25-,26+,27-,28+,29+,30-,31-,32+,33-,34-,38-,39-,40+,41+,42+/m0/s1. The molecule has 48 nitrogen and oxygen atoms in total. The molecule has 0 bridgehead atoms. The van der Waals surface area contributed by atoms with Gasteiger partial charge in [-0.05, 0) is 6.08 Å². The second-order valence-electron chi connectivity index (χ2n) is 20.3. The number of carboxylic acids is 3. The van der Waals surface area contributed by atoms with Crippen molar-refractivity contribution < 1.29 is 211 Å². The Bertz CT molecular complexity index is 3200. The number of hydrogen-bond donors (Lipinski definition) is 19. The average molecular weight is 1460 g/mol. The lowest BCUT2D eigenvalue weighted by Gasteiger charge is -2.50. The van der Waals surface area contributed by atoms with Crippen LogP contribution in [0.1, 0.15) is 20.8 Å². The summed E-state index contributed by atoms with van der Waals surface area (Å²) in [5.41, 5.74) is 0. The molecule has 5 aliphatic heterocycles. The van der Waals surface area contributed by atoms with Crippen molar-refractivity contribution in [2.75, 3.05) is 19.8 Å². The summed E-state index contributed by atoms with van der Waals surface area (Å²) in [6.07, 6.45) is -63.7. The van der Waals surface area contributed by atoms with Gasteiger partial charge in [-0.25, -0.2) is 31.1 Å². The van der Waals surface area contributed by atoms with Crippen molar-refractivity contribution in [1.82, 2.24) is 16.0 Å². The highest BCUT2D eigenvalue weighted by atomic mass is 32.3. The fourth-order valence-electron chi connectivity index (χ4n) is 9.61. The van der Waals surface area contributed by atoms with E-state index in [2.05, 4.69) is 22.0 Å². The second-order valence-corrected chi connectivity index (χ2v) is 24.6. The molecule has 0 radical (unpaired) electrons. The Morgan fingerprint density at radius 3 is 1.50 bits per heavy atom. The van der Waals surface area contributed by atoms with Crippen LogP contribution in [0.25, 0.3) is 0 Å². The summed E-state index contributed by atoms with van der Waals surface area (Å²) in [6, 6.07) is -7.03. The first-order valence-electron chi connectivity index (χ1n) is 26.1. The largest absolute Gasteiger partial charge is 0.479 e. The first-order valence-corrected chi connectivity index (χ1v) is 31.6. The van der Waals surface area contributed by atoms with Crippen LogP contribution >= 0.6 is 0 Å². The van der Waals surface area contributed by atoms with Crippen LogP contribution in [-0.4, -0.2) is 340 Å². The number of hydrogen-bond acceptors (Lipinski definition) is 38. The predicted octanol–water partition coefficient (Wildman–Crippen LogP) is -13.1. The van der Waals surface area contributed by atoms with Gasteiger partial charge in [0, 0.05) is 20.8 Å². The zero-order valence-electron chi connectivity index (χ0n) is 47.5. The number of aldehydes is 1. The summed E-state index contributed by atoms with van der Waals surface area (Å²) in [4.78, 5) is 88.1. The molecule has 52 heteroatoms. The average Bonchev–Trinajstić information content (AvgIpc) is 0.769. The highest BCUT2D eigenvalue weighted by Gasteiger charge is 2.61. The minimum absolute atomic E-state index is 0.258. The van der Waals surface area contributed by atoms with Crippen molar-refractivity contribution in [2.45, 2.75) is 186 Å². The number of ether oxygens (including phenoxy) is 10. The Kier molecular flexibility index (Phi) is 27.4. The zero-order chi connectivity index (χ0) is 71.2. The molecule has 0 aromatic carbocycles. The Morgan fingerprint density at radius 1 is 0.553 bits per heavy atom. The zero-order valence-corrected chi connectivity index (χ0v) is 50.8. The summed E-state index contributed by atoms with van der Waals surface area (Å²) in [5.74, 6) is -11.2. The smallest absolute Gasteiger partial charge is 0.397 e. The molecule has 0 aromatic rings. The highest BCUT2D eigenvalue weighted by molar-refractivity contribution is 7.81. The topological polar surface area (TPSA) is 745 Å². The molecular weight excluding hydrogens is 1390 g/mol. The van der Waals surface area contributed by atoms with Crippen LogP contribution in [0, 0.1) is 0 Å². The molecule has 5 rings (SSSR count). The van der Waals surface area contributed by atoms with E-state index in [0.29, 0.717) is 13.0 Å². The summed E-state index contributed by atoms with van der Waals surface area (Å²) in [7, 11) is -22.9. The van der Waals surface area contributed by atoms with E-state index in [1.165, 1.54) is 0 Å². The van der Waals surface area contributed by atoms with E-state index in [9.17, 15) is 142 Å². The van der Waals surface area contributed by atoms with Crippen molar-refractivity contribution >= 4 is 83.5 Å². The van der Waals surface area contributed by atoms with Gasteiger partial charge in [0.15, 0.2) is 43.5 Å². The van der Waals surface area contributed by atoms with E-state index < -0.39 is 268 Å². The first kappa shape index (κ1) is 79.5. The van der Waals surface area contributed by atoms with Crippen LogP contribution in [0.2, 0.25) is 0 Å². The lowest BCUT2D eigenvalue weighted by molar-refractivity contribution is -0.371. The normalized spacial score (nSPS) is 36.4. The van der Waals surface area contributed by atoms with Crippen LogP contribution in [0.4, 0.5) is 0 Å². The van der Waals surface area contributed by atoms with Crippen molar-refractivity contribution in [1.29, 1.82) is 0 Å². The van der Waals surface area contributed by atoms with E-state index in [1.807, 2.05) is 10.6 Å². The Hall–Kier alpha value is -5.21. The number of rotatable bonds is 31. The Morgan fingerprint density at radius 2 is 1.03 bits per heavy atom. The fraction of sp³-hybridized carbons (Fsp3) is 0.786. The van der Waals surface area contributed by atoms with Gasteiger partial charge in [0.05, 0.1) is 19.8 Å². The second kappa shape index (κ2) is 32.4. The predicted molar refractivity (Wildman–Crippen MR) is 277 cm³/mol. The number of aliphatic hydroxyl groups excluding tert-OH is 9. The van der Waals surface area contributed by atoms with E-state index in [0.717, 1.165) is 13.8 Å². The third kappa shape index (κ3) is 21.4. The van der Waals surface area contributed by atoms with Gasteiger partial charge in [-0.15, -0.1) is 0 Å². The van der Waals surface area contributed by atoms with Crippen molar-refractivity contribution in [3.05, 3.63) is 11.8 Å².